The maximum atomic E-state index is 13.5. The summed E-state index contributed by atoms with van der Waals surface area (Å²) in [5.41, 5.74) is 1.88. The molecule has 0 radical (unpaired) electrons. The van der Waals surface area contributed by atoms with E-state index in [-0.39, 0.29) is 29.6 Å². The molecule has 0 bridgehead atoms. The Balaban J connectivity index is 1.70. The monoisotopic (exact) mass is 442 g/mol. The van der Waals surface area contributed by atoms with Gasteiger partial charge in [-0.15, -0.1) is 0 Å². The summed E-state index contributed by atoms with van der Waals surface area (Å²) < 4.78 is 39.1. The second-order valence-corrected chi connectivity index (χ2v) is 9.76. The predicted molar refractivity (Wildman–Crippen MR) is 119 cm³/mol. The maximum Gasteiger partial charge on any atom is 0.252 e. The SMILES string of the molecule is COc1ccc(S(=O)(=O)N(Cc2cc3ccc(C)cc3[nH]c2=O)C[C@H]2CCCO2)cc1. The zero-order valence-electron chi connectivity index (χ0n) is 17.6. The lowest BCUT2D eigenvalue weighted by Crippen LogP contribution is -2.38. The van der Waals surface area contributed by atoms with Gasteiger partial charge in [-0.2, -0.15) is 4.31 Å². The third-order valence-electron chi connectivity index (χ3n) is 5.55. The first-order valence-corrected chi connectivity index (χ1v) is 11.7. The quantitative estimate of drug-likeness (QED) is 0.607. The average Bonchev–Trinajstić information content (AvgIpc) is 3.27. The van der Waals surface area contributed by atoms with Crippen molar-refractivity contribution in [2.24, 2.45) is 0 Å². The molecule has 8 heteroatoms. The molecule has 0 unspecified atom stereocenters. The standard InChI is InChI=1S/C23H26N2O5S/c1-16-5-6-17-13-18(23(26)24-22(17)12-16)14-25(15-20-4-3-11-30-20)31(27,28)21-9-7-19(29-2)8-10-21/h5-10,12-13,20H,3-4,11,14-15H2,1-2H3,(H,24,26)/t20-/m1/s1. The second-order valence-electron chi connectivity index (χ2n) is 7.82. The number of aryl methyl sites for hydroxylation is 1. The number of hydrogen-bond acceptors (Lipinski definition) is 5. The van der Waals surface area contributed by atoms with Gasteiger partial charge in [0.05, 0.1) is 18.1 Å². The Hall–Kier alpha value is -2.68. The van der Waals surface area contributed by atoms with Crippen molar-refractivity contribution in [3.8, 4) is 5.75 Å². The molecule has 0 amide bonds. The fourth-order valence-corrected chi connectivity index (χ4v) is 5.28. The Bertz CT molecular complexity index is 1230. The van der Waals surface area contributed by atoms with Gasteiger partial charge in [0, 0.05) is 30.8 Å². The Morgan fingerprint density at radius 3 is 2.61 bits per heavy atom. The van der Waals surface area contributed by atoms with Crippen LogP contribution in [0.1, 0.15) is 24.0 Å². The zero-order valence-corrected chi connectivity index (χ0v) is 18.4. The van der Waals surface area contributed by atoms with Crippen molar-refractivity contribution < 1.29 is 17.9 Å². The largest absolute Gasteiger partial charge is 0.497 e. The van der Waals surface area contributed by atoms with Crippen LogP contribution in [0, 0.1) is 6.92 Å². The van der Waals surface area contributed by atoms with Crippen molar-refractivity contribution in [3.05, 3.63) is 70.0 Å². The summed E-state index contributed by atoms with van der Waals surface area (Å²) in [4.78, 5) is 15.8. The van der Waals surface area contributed by atoms with E-state index in [0.29, 0.717) is 17.9 Å². The number of benzene rings is 2. The van der Waals surface area contributed by atoms with E-state index < -0.39 is 10.0 Å². The summed E-state index contributed by atoms with van der Waals surface area (Å²) in [6.45, 7) is 2.74. The molecule has 1 aliphatic heterocycles. The number of hydrogen-bond donors (Lipinski definition) is 1. The molecule has 1 N–H and O–H groups in total. The zero-order chi connectivity index (χ0) is 22.0. The smallest absolute Gasteiger partial charge is 0.252 e. The highest BCUT2D eigenvalue weighted by Gasteiger charge is 2.30. The minimum absolute atomic E-state index is 0.0344. The Morgan fingerprint density at radius 2 is 1.94 bits per heavy atom. The van der Waals surface area contributed by atoms with E-state index in [9.17, 15) is 13.2 Å². The highest BCUT2D eigenvalue weighted by molar-refractivity contribution is 7.89. The summed E-state index contributed by atoms with van der Waals surface area (Å²) in [6, 6.07) is 13.8. The molecule has 2 aromatic carbocycles. The average molecular weight is 443 g/mol. The van der Waals surface area contributed by atoms with Gasteiger partial charge in [0.25, 0.3) is 5.56 Å². The van der Waals surface area contributed by atoms with Crippen molar-refractivity contribution in [3.63, 3.8) is 0 Å². The fourth-order valence-electron chi connectivity index (χ4n) is 3.83. The molecule has 1 aliphatic rings. The molecule has 0 saturated carbocycles. The Morgan fingerprint density at radius 1 is 1.16 bits per heavy atom. The van der Waals surface area contributed by atoms with E-state index in [4.69, 9.17) is 9.47 Å². The number of methoxy groups -OCH3 is 1. The van der Waals surface area contributed by atoms with Gasteiger partial charge in [-0.1, -0.05) is 12.1 Å². The number of rotatable bonds is 7. The number of aromatic amines is 1. The highest BCUT2D eigenvalue weighted by Crippen LogP contribution is 2.24. The summed E-state index contributed by atoms with van der Waals surface area (Å²) in [5, 5.41) is 0.860. The number of ether oxygens (including phenoxy) is 2. The highest BCUT2D eigenvalue weighted by atomic mass is 32.2. The summed E-state index contributed by atoms with van der Waals surface area (Å²) in [5.74, 6) is 0.575. The number of nitrogens with one attached hydrogen (secondary N) is 1. The topological polar surface area (TPSA) is 88.7 Å². The Kier molecular flexibility index (Phi) is 6.13. The first-order chi connectivity index (χ1) is 14.9. The van der Waals surface area contributed by atoms with Gasteiger partial charge in [-0.25, -0.2) is 8.42 Å². The molecular formula is C23H26N2O5S. The van der Waals surface area contributed by atoms with E-state index in [1.807, 2.05) is 25.1 Å². The number of sulfonamides is 1. The molecule has 2 heterocycles. The van der Waals surface area contributed by atoms with Gasteiger partial charge in [0.2, 0.25) is 10.0 Å². The maximum absolute atomic E-state index is 13.5. The summed E-state index contributed by atoms with van der Waals surface area (Å²) in [7, 11) is -2.31. The minimum atomic E-state index is -3.84. The van der Waals surface area contributed by atoms with Crippen LogP contribution >= 0.6 is 0 Å². The van der Waals surface area contributed by atoms with E-state index >= 15 is 0 Å². The first-order valence-electron chi connectivity index (χ1n) is 10.3. The summed E-state index contributed by atoms with van der Waals surface area (Å²) >= 11 is 0. The lowest BCUT2D eigenvalue weighted by molar-refractivity contribution is 0.0925. The number of nitrogens with zero attached hydrogens (tertiary/aromatic N) is 1. The van der Waals surface area contributed by atoms with Gasteiger partial charge >= 0.3 is 0 Å². The van der Waals surface area contributed by atoms with Crippen LogP contribution in [0.5, 0.6) is 5.75 Å². The number of fused-ring (bicyclic) bond motifs is 1. The molecule has 31 heavy (non-hydrogen) atoms. The van der Waals surface area contributed by atoms with Crippen LogP contribution in [0.4, 0.5) is 0 Å². The first kappa shape index (κ1) is 21.5. The molecule has 1 aromatic heterocycles. The third kappa shape index (κ3) is 4.66. The van der Waals surface area contributed by atoms with Crippen LogP contribution in [0.15, 0.2) is 58.2 Å². The van der Waals surface area contributed by atoms with Gasteiger partial charge in [0.1, 0.15) is 5.75 Å². The third-order valence-corrected chi connectivity index (χ3v) is 7.38. The molecule has 0 aliphatic carbocycles. The van der Waals surface area contributed by atoms with E-state index in [2.05, 4.69) is 4.98 Å². The van der Waals surface area contributed by atoms with Gasteiger partial charge in [-0.05, 0) is 67.1 Å². The van der Waals surface area contributed by atoms with Crippen LogP contribution in [0.2, 0.25) is 0 Å². The van der Waals surface area contributed by atoms with Crippen LogP contribution in [-0.4, -0.2) is 44.1 Å². The molecule has 164 valence electrons. The molecule has 4 rings (SSSR count). The van der Waals surface area contributed by atoms with Crippen molar-refractivity contribution in [1.82, 2.24) is 9.29 Å². The number of H-pyrrole nitrogens is 1. The van der Waals surface area contributed by atoms with Crippen LogP contribution in [0.25, 0.3) is 10.9 Å². The van der Waals surface area contributed by atoms with Gasteiger partial charge in [-0.3, -0.25) is 4.79 Å². The van der Waals surface area contributed by atoms with Crippen molar-refractivity contribution in [1.29, 1.82) is 0 Å². The van der Waals surface area contributed by atoms with E-state index in [1.54, 1.807) is 18.2 Å². The van der Waals surface area contributed by atoms with Crippen LogP contribution in [-0.2, 0) is 21.3 Å². The van der Waals surface area contributed by atoms with Gasteiger partial charge < -0.3 is 14.5 Å². The molecule has 7 nitrogen and oxygen atoms in total. The number of pyridine rings is 1. The van der Waals surface area contributed by atoms with Crippen molar-refractivity contribution in [2.75, 3.05) is 20.3 Å². The molecule has 1 saturated heterocycles. The molecule has 0 spiro atoms. The number of aromatic nitrogens is 1. The lowest BCUT2D eigenvalue weighted by atomic mass is 10.1. The van der Waals surface area contributed by atoms with Crippen LogP contribution in [0.3, 0.4) is 0 Å². The molecule has 1 fully saturated rings. The molecule has 1 atom stereocenters. The predicted octanol–water partition coefficient (Wildman–Crippen LogP) is 3.22. The van der Waals surface area contributed by atoms with Crippen molar-refractivity contribution >= 4 is 20.9 Å². The fraction of sp³-hybridized carbons (Fsp3) is 0.348. The van der Waals surface area contributed by atoms with Crippen molar-refractivity contribution in [2.45, 2.75) is 37.3 Å². The van der Waals surface area contributed by atoms with E-state index in [0.717, 1.165) is 29.3 Å². The normalized spacial score (nSPS) is 16.8. The Labute approximate surface area is 181 Å². The molecular weight excluding hydrogens is 416 g/mol. The minimum Gasteiger partial charge on any atom is -0.497 e. The van der Waals surface area contributed by atoms with E-state index in [1.165, 1.54) is 23.5 Å². The molecule has 3 aromatic rings. The lowest BCUT2D eigenvalue weighted by Gasteiger charge is -2.25. The van der Waals surface area contributed by atoms with Gasteiger partial charge in [0.15, 0.2) is 0 Å². The summed E-state index contributed by atoms with van der Waals surface area (Å²) in [6.07, 6.45) is 1.51. The van der Waals surface area contributed by atoms with Crippen LogP contribution < -0.4 is 10.3 Å². The second kappa shape index (κ2) is 8.82.